The van der Waals surface area contributed by atoms with E-state index in [4.69, 9.17) is 4.74 Å². The summed E-state index contributed by atoms with van der Waals surface area (Å²) in [5, 5.41) is 0. The lowest BCUT2D eigenvalue weighted by atomic mass is 9.65. The number of carbonyl (C=O) groups is 2. The second-order valence-electron chi connectivity index (χ2n) is 5.03. The van der Waals surface area contributed by atoms with Gasteiger partial charge in [-0.25, -0.2) is 4.79 Å². The number of ether oxygens (including phenoxy) is 3. The van der Waals surface area contributed by atoms with E-state index >= 15 is 0 Å². The highest BCUT2D eigenvalue weighted by atomic mass is 16.8. The first-order chi connectivity index (χ1) is 8.70. The van der Waals surface area contributed by atoms with Gasteiger partial charge in [-0.1, -0.05) is 12.8 Å². The van der Waals surface area contributed by atoms with E-state index in [-0.39, 0.29) is 25.3 Å². The van der Waals surface area contributed by atoms with E-state index in [1.165, 1.54) is 12.8 Å². The van der Waals surface area contributed by atoms with E-state index in [2.05, 4.69) is 9.47 Å². The van der Waals surface area contributed by atoms with Gasteiger partial charge in [-0.2, -0.15) is 0 Å². The van der Waals surface area contributed by atoms with Crippen molar-refractivity contribution >= 4 is 12.1 Å². The first-order valence-electron chi connectivity index (χ1n) is 6.67. The van der Waals surface area contributed by atoms with Crippen LogP contribution in [0.15, 0.2) is 0 Å². The lowest BCUT2D eigenvalue weighted by Gasteiger charge is -2.40. The van der Waals surface area contributed by atoms with Crippen LogP contribution in [0.2, 0.25) is 0 Å². The Morgan fingerprint density at radius 2 is 1.78 bits per heavy atom. The summed E-state index contributed by atoms with van der Waals surface area (Å²) in [5.74, 6) is 0.917. The van der Waals surface area contributed by atoms with Crippen molar-refractivity contribution in [3.05, 3.63) is 0 Å². The first kappa shape index (κ1) is 13.2. The van der Waals surface area contributed by atoms with Crippen LogP contribution in [-0.4, -0.2) is 25.5 Å². The summed E-state index contributed by atoms with van der Waals surface area (Å²) >= 11 is 0. The standard InChI is InChI=1S/C13H20O5/c1-2-16-13(15)18-8-17-12(14)11-7-9-3-5-10(11)6-4-9/h9-11H,2-8H2,1H3/t9?,10?,11-/m1/s1. The summed E-state index contributed by atoms with van der Waals surface area (Å²) in [5.41, 5.74) is 0. The summed E-state index contributed by atoms with van der Waals surface area (Å²) in [7, 11) is 0. The zero-order valence-corrected chi connectivity index (χ0v) is 10.7. The maximum absolute atomic E-state index is 11.9. The molecule has 3 rings (SSSR count). The Bertz CT molecular complexity index is 307. The molecular weight excluding hydrogens is 236 g/mol. The van der Waals surface area contributed by atoms with Gasteiger partial charge in [0.2, 0.25) is 6.79 Å². The third-order valence-electron chi connectivity index (χ3n) is 3.99. The Labute approximate surface area is 107 Å². The second-order valence-corrected chi connectivity index (χ2v) is 5.03. The van der Waals surface area contributed by atoms with Crippen LogP contribution in [0.5, 0.6) is 0 Å². The molecule has 3 aliphatic rings. The molecule has 0 saturated heterocycles. The molecule has 0 amide bonds. The molecule has 0 aromatic carbocycles. The van der Waals surface area contributed by atoms with Gasteiger partial charge in [0, 0.05) is 0 Å². The molecule has 2 bridgehead atoms. The van der Waals surface area contributed by atoms with Crippen molar-refractivity contribution in [1.29, 1.82) is 0 Å². The van der Waals surface area contributed by atoms with E-state index < -0.39 is 6.16 Å². The van der Waals surface area contributed by atoms with Crippen LogP contribution in [-0.2, 0) is 19.0 Å². The van der Waals surface area contributed by atoms with Gasteiger partial charge in [-0.05, 0) is 38.0 Å². The predicted molar refractivity (Wildman–Crippen MR) is 62.6 cm³/mol. The number of hydrogen-bond donors (Lipinski definition) is 0. The van der Waals surface area contributed by atoms with Crippen LogP contribution in [0.25, 0.3) is 0 Å². The molecule has 102 valence electrons. The van der Waals surface area contributed by atoms with Crippen molar-refractivity contribution in [2.75, 3.05) is 13.4 Å². The van der Waals surface area contributed by atoms with E-state index in [9.17, 15) is 9.59 Å². The van der Waals surface area contributed by atoms with Crippen LogP contribution in [0.1, 0.15) is 39.0 Å². The maximum atomic E-state index is 11.9. The van der Waals surface area contributed by atoms with Crippen LogP contribution < -0.4 is 0 Å². The van der Waals surface area contributed by atoms with E-state index in [0.29, 0.717) is 11.8 Å². The summed E-state index contributed by atoms with van der Waals surface area (Å²) < 4.78 is 14.2. The minimum atomic E-state index is -0.796. The van der Waals surface area contributed by atoms with Crippen molar-refractivity contribution in [3.63, 3.8) is 0 Å². The smallest absolute Gasteiger partial charge is 0.435 e. The Kier molecular flexibility index (Phi) is 4.44. The van der Waals surface area contributed by atoms with Crippen molar-refractivity contribution in [1.82, 2.24) is 0 Å². The summed E-state index contributed by atoms with van der Waals surface area (Å²) in [6.07, 6.45) is 4.88. The highest BCUT2D eigenvalue weighted by Gasteiger charge is 2.40. The molecule has 0 aromatic rings. The fraction of sp³-hybridized carbons (Fsp3) is 0.846. The predicted octanol–water partition coefficient (Wildman–Crippen LogP) is 2.49. The van der Waals surface area contributed by atoms with Crippen molar-refractivity contribution in [2.24, 2.45) is 17.8 Å². The molecule has 3 aliphatic carbocycles. The first-order valence-corrected chi connectivity index (χ1v) is 6.67. The number of fused-ring (bicyclic) bond motifs is 3. The number of carbonyl (C=O) groups excluding carboxylic acids is 2. The molecule has 0 aliphatic heterocycles. The van der Waals surface area contributed by atoms with E-state index in [1.54, 1.807) is 6.92 Å². The SMILES string of the molecule is CCOC(=O)OCOC(=O)[C@@H]1CC2CCC1CC2. The summed E-state index contributed by atoms with van der Waals surface area (Å²) in [6, 6.07) is 0. The zero-order chi connectivity index (χ0) is 13.0. The molecule has 0 aromatic heterocycles. The van der Waals surface area contributed by atoms with Crippen molar-refractivity contribution in [3.8, 4) is 0 Å². The average molecular weight is 256 g/mol. The third-order valence-corrected chi connectivity index (χ3v) is 3.99. The molecule has 1 atom stereocenters. The molecule has 3 fully saturated rings. The normalized spacial score (nSPS) is 29.7. The van der Waals surface area contributed by atoms with E-state index in [0.717, 1.165) is 19.3 Å². The average Bonchev–Trinajstić information content (AvgIpc) is 2.40. The lowest BCUT2D eigenvalue weighted by molar-refractivity contribution is -0.164. The largest absolute Gasteiger partial charge is 0.511 e. The monoisotopic (exact) mass is 256 g/mol. The Morgan fingerprint density at radius 1 is 1.06 bits per heavy atom. The van der Waals surface area contributed by atoms with Gasteiger partial charge in [0.1, 0.15) is 0 Å². The molecule has 0 heterocycles. The number of hydrogen-bond acceptors (Lipinski definition) is 5. The third kappa shape index (κ3) is 3.15. The number of rotatable bonds is 4. The lowest BCUT2D eigenvalue weighted by Crippen LogP contribution is -2.37. The molecule has 0 unspecified atom stereocenters. The zero-order valence-electron chi connectivity index (χ0n) is 10.7. The molecule has 5 heteroatoms. The van der Waals surface area contributed by atoms with Gasteiger partial charge in [-0.15, -0.1) is 0 Å². The maximum Gasteiger partial charge on any atom is 0.511 e. The molecule has 18 heavy (non-hydrogen) atoms. The second kappa shape index (κ2) is 6.07. The van der Waals surface area contributed by atoms with Gasteiger partial charge >= 0.3 is 12.1 Å². The van der Waals surface area contributed by atoms with Gasteiger partial charge < -0.3 is 14.2 Å². The molecule has 0 spiro atoms. The van der Waals surface area contributed by atoms with Crippen LogP contribution in [0.3, 0.4) is 0 Å². The van der Waals surface area contributed by atoms with Gasteiger partial charge in [-0.3, -0.25) is 4.79 Å². The quantitative estimate of drug-likeness (QED) is 0.571. The van der Waals surface area contributed by atoms with Gasteiger partial charge in [0.05, 0.1) is 12.5 Å². The fourth-order valence-electron chi connectivity index (χ4n) is 3.07. The Morgan fingerprint density at radius 3 is 2.33 bits per heavy atom. The van der Waals surface area contributed by atoms with E-state index in [1.807, 2.05) is 0 Å². The minimum absolute atomic E-state index is 0.00305. The molecule has 5 nitrogen and oxygen atoms in total. The van der Waals surface area contributed by atoms with Crippen LogP contribution in [0.4, 0.5) is 4.79 Å². The summed E-state index contributed by atoms with van der Waals surface area (Å²) in [4.78, 5) is 22.8. The highest BCUT2D eigenvalue weighted by molar-refractivity contribution is 5.73. The summed E-state index contributed by atoms with van der Waals surface area (Å²) in [6.45, 7) is 1.59. The Hall–Kier alpha value is -1.26. The Balaban J connectivity index is 1.70. The van der Waals surface area contributed by atoms with Crippen molar-refractivity contribution < 1.29 is 23.8 Å². The van der Waals surface area contributed by atoms with Crippen molar-refractivity contribution in [2.45, 2.75) is 39.0 Å². The highest BCUT2D eigenvalue weighted by Crippen LogP contribution is 2.45. The minimum Gasteiger partial charge on any atom is -0.435 e. The molecular formula is C13H20O5. The molecule has 3 saturated carbocycles. The molecule has 0 radical (unpaired) electrons. The van der Waals surface area contributed by atoms with Gasteiger partial charge in [0.25, 0.3) is 0 Å². The van der Waals surface area contributed by atoms with Crippen LogP contribution in [0, 0.1) is 17.8 Å². The molecule has 0 N–H and O–H groups in total. The fourth-order valence-corrected chi connectivity index (χ4v) is 3.07. The van der Waals surface area contributed by atoms with Gasteiger partial charge in [0.15, 0.2) is 0 Å². The number of esters is 1. The topological polar surface area (TPSA) is 61.8 Å². The van der Waals surface area contributed by atoms with Crippen LogP contribution >= 0.6 is 0 Å².